The fourth-order valence-corrected chi connectivity index (χ4v) is 6.63. The van der Waals surface area contributed by atoms with Gasteiger partial charge >= 0.3 is 0 Å². The quantitative estimate of drug-likeness (QED) is 0.486. The Hall–Kier alpha value is -0.870. The van der Waals surface area contributed by atoms with E-state index >= 15 is 0 Å². The fraction of sp³-hybridized carbons (Fsp3) is 0.704. The highest BCUT2D eigenvalue weighted by Crippen LogP contribution is 2.59. The number of allylic oxidation sites excluding steroid dienone is 4. The molecule has 4 aliphatic rings. The second-order valence-electron chi connectivity index (χ2n) is 10.7. The SMILES string of the molecule is C=C1/C(=C\C=C2/CCC[C@]3(C)[C@@H]([C@H](C)/C=C/[C@H](O)C4CC4)CC[C@@H]23)C[C@@H](O)C[C@@H]1O.Cl. The highest BCUT2D eigenvalue weighted by molar-refractivity contribution is 5.85. The third kappa shape index (κ3) is 5.21. The lowest BCUT2D eigenvalue weighted by molar-refractivity contribution is 0.0862. The van der Waals surface area contributed by atoms with Crippen molar-refractivity contribution >= 4 is 12.4 Å². The van der Waals surface area contributed by atoms with Crippen molar-refractivity contribution in [2.45, 2.75) is 89.9 Å². The van der Waals surface area contributed by atoms with E-state index in [0.29, 0.717) is 41.9 Å². The fourth-order valence-electron chi connectivity index (χ4n) is 6.63. The van der Waals surface area contributed by atoms with Crippen LogP contribution in [0.3, 0.4) is 0 Å². The minimum Gasteiger partial charge on any atom is -0.393 e. The molecule has 0 aromatic carbocycles. The molecule has 0 amide bonds. The zero-order valence-corrected chi connectivity index (χ0v) is 20.0. The van der Waals surface area contributed by atoms with Crippen LogP contribution in [0.2, 0.25) is 0 Å². The van der Waals surface area contributed by atoms with E-state index in [1.807, 2.05) is 0 Å². The molecule has 31 heavy (non-hydrogen) atoms. The Morgan fingerprint density at radius 1 is 1.10 bits per heavy atom. The molecule has 0 aliphatic heterocycles. The van der Waals surface area contributed by atoms with Crippen LogP contribution in [0.25, 0.3) is 0 Å². The first kappa shape index (κ1) is 24.8. The highest BCUT2D eigenvalue weighted by atomic mass is 35.5. The topological polar surface area (TPSA) is 60.7 Å². The summed E-state index contributed by atoms with van der Waals surface area (Å²) in [6.07, 6.45) is 16.9. The number of aliphatic hydroxyl groups is 3. The van der Waals surface area contributed by atoms with Crippen LogP contribution in [0.15, 0.2) is 47.6 Å². The van der Waals surface area contributed by atoms with E-state index < -0.39 is 12.2 Å². The van der Waals surface area contributed by atoms with Crippen LogP contribution < -0.4 is 0 Å². The molecule has 7 atom stereocenters. The molecule has 0 spiro atoms. The molecule has 4 fully saturated rings. The normalized spacial score (nSPS) is 40.7. The van der Waals surface area contributed by atoms with Crippen molar-refractivity contribution in [3.8, 4) is 0 Å². The molecule has 0 bridgehead atoms. The Kier molecular flexibility index (Phi) is 7.95. The maximum absolute atomic E-state index is 10.2. The molecule has 3 N–H and O–H groups in total. The van der Waals surface area contributed by atoms with E-state index in [2.05, 4.69) is 44.7 Å². The van der Waals surface area contributed by atoms with Gasteiger partial charge in [-0.05, 0) is 91.6 Å². The molecule has 0 heterocycles. The van der Waals surface area contributed by atoms with Gasteiger partial charge in [-0.3, -0.25) is 0 Å². The van der Waals surface area contributed by atoms with Crippen molar-refractivity contribution < 1.29 is 15.3 Å². The summed E-state index contributed by atoms with van der Waals surface area (Å²) in [6.45, 7) is 8.88. The zero-order valence-electron chi connectivity index (χ0n) is 19.2. The van der Waals surface area contributed by atoms with E-state index in [0.717, 1.165) is 17.6 Å². The van der Waals surface area contributed by atoms with Crippen LogP contribution in [-0.2, 0) is 0 Å². The van der Waals surface area contributed by atoms with Crippen LogP contribution >= 0.6 is 12.4 Å². The van der Waals surface area contributed by atoms with Gasteiger partial charge in [0.15, 0.2) is 0 Å². The summed E-state index contributed by atoms with van der Waals surface area (Å²) in [5.74, 6) is 2.28. The summed E-state index contributed by atoms with van der Waals surface area (Å²) in [5.41, 5.74) is 3.63. The molecular formula is C27H41ClO3. The van der Waals surface area contributed by atoms with Crippen molar-refractivity contribution in [1.29, 1.82) is 0 Å². The second kappa shape index (κ2) is 9.95. The van der Waals surface area contributed by atoms with E-state index in [9.17, 15) is 15.3 Å². The average molecular weight is 449 g/mol. The molecule has 4 rings (SSSR count). The first-order chi connectivity index (χ1) is 14.3. The lowest BCUT2D eigenvalue weighted by Crippen LogP contribution is -2.35. The number of rotatable bonds is 5. The number of hydrogen-bond donors (Lipinski definition) is 3. The van der Waals surface area contributed by atoms with Crippen LogP contribution in [-0.4, -0.2) is 33.6 Å². The van der Waals surface area contributed by atoms with Gasteiger partial charge in [0, 0.05) is 6.42 Å². The van der Waals surface area contributed by atoms with Gasteiger partial charge in [0.1, 0.15) is 0 Å². The molecule has 4 aliphatic carbocycles. The molecule has 0 radical (unpaired) electrons. The Morgan fingerprint density at radius 3 is 2.55 bits per heavy atom. The molecule has 0 saturated heterocycles. The van der Waals surface area contributed by atoms with Crippen molar-refractivity contribution in [2.24, 2.45) is 29.1 Å². The lowest BCUT2D eigenvalue weighted by Gasteiger charge is -2.44. The predicted molar refractivity (Wildman–Crippen MR) is 129 cm³/mol. The van der Waals surface area contributed by atoms with Crippen molar-refractivity contribution in [3.63, 3.8) is 0 Å². The van der Waals surface area contributed by atoms with Crippen molar-refractivity contribution in [3.05, 3.63) is 47.6 Å². The standard InChI is InChI=1S/C27H40O3.ClH/c1-17(6-13-25(29)20-8-9-20)23-11-12-24-19(5-4-14-27(23,24)3)7-10-21-15-22(28)16-26(30)18(21)2;/h6-7,10,13,17,20,22-26,28-30H,2,4-5,8-9,11-12,14-16H2,1,3H3;1H/b13-6+,19-7+,21-10-;/t17-,22-,23-,24+,25+,26+,27-;/m1./s1. The van der Waals surface area contributed by atoms with Gasteiger partial charge < -0.3 is 15.3 Å². The van der Waals surface area contributed by atoms with Gasteiger partial charge in [-0.1, -0.05) is 50.3 Å². The Morgan fingerprint density at radius 2 is 1.84 bits per heavy atom. The molecule has 3 nitrogen and oxygen atoms in total. The molecule has 0 aromatic heterocycles. The average Bonchev–Trinajstić information content (AvgIpc) is 3.49. The maximum atomic E-state index is 10.2. The second-order valence-corrected chi connectivity index (χ2v) is 10.7. The minimum atomic E-state index is -0.621. The first-order valence-electron chi connectivity index (χ1n) is 12.1. The number of hydrogen-bond acceptors (Lipinski definition) is 3. The lowest BCUT2D eigenvalue weighted by atomic mass is 9.61. The summed E-state index contributed by atoms with van der Waals surface area (Å²) in [7, 11) is 0. The van der Waals surface area contributed by atoms with E-state index in [4.69, 9.17) is 0 Å². The van der Waals surface area contributed by atoms with Gasteiger partial charge in [-0.2, -0.15) is 0 Å². The molecule has 0 unspecified atom stereocenters. The zero-order chi connectivity index (χ0) is 21.5. The third-order valence-electron chi connectivity index (χ3n) is 8.65. The summed E-state index contributed by atoms with van der Waals surface area (Å²) in [6, 6.07) is 0. The summed E-state index contributed by atoms with van der Waals surface area (Å²) in [4.78, 5) is 0. The molecule has 4 saturated carbocycles. The van der Waals surface area contributed by atoms with Crippen LogP contribution in [0.4, 0.5) is 0 Å². The summed E-state index contributed by atoms with van der Waals surface area (Å²) >= 11 is 0. The smallest absolute Gasteiger partial charge is 0.0811 e. The maximum Gasteiger partial charge on any atom is 0.0811 e. The van der Waals surface area contributed by atoms with Crippen molar-refractivity contribution in [2.75, 3.05) is 0 Å². The van der Waals surface area contributed by atoms with Gasteiger partial charge in [-0.25, -0.2) is 0 Å². The van der Waals surface area contributed by atoms with Gasteiger partial charge in [0.2, 0.25) is 0 Å². The highest BCUT2D eigenvalue weighted by Gasteiger charge is 2.50. The molecule has 4 heteroatoms. The minimum absolute atomic E-state index is 0. The number of fused-ring (bicyclic) bond motifs is 1. The number of aliphatic hydroxyl groups excluding tert-OH is 3. The molecular weight excluding hydrogens is 408 g/mol. The van der Waals surface area contributed by atoms with Gasteiger partial charge in [0.05, 0.1) is 18.3 Å². The van der Waals surface area contributed by atoms with E-state index in [-0.39, 0.29) is 18.5 Å². The third-order valence-corrected chi connectivity index (χ3v) is 8.65. The van der Waals surface area contributed by atoms with E-state index in [1.165, 1.54) is 44.1 Å². The Labute approximate surface area is 194 Å². The summed E-state index contributed by atoms with van der Waals surface area (Å²) in [5, 5.41) is 30.4. The van der Waals surface area contributed by atoms with Crippen LogP contribution in [0, 0.1) is 29.1 Å². The predicted octanol–water partition coefficient (Wildman–Crippen LogP) is 5.51. The molecule has 0 aromatic rings. The monoisotopic (exact) mass is 448 g/mol. The largest absolute Gasteiger partial charge is 0.393 e. The number of halogens is 1. The Balaban J connectivity index is 0.00000272. The molecule has 174 valence electrons. The first-order valence-corrected chi connectivity index (χ1v) is 12.1. The Bertz CT molecular complexity index is 750. The van der Waals surface area contributed by atoms with Gasteiger partial charge in [-0.15, -0.1) is 12.4 Å². The summed E-state index contributed by atoms with van der Waals surface area (Å²) < 4.78 is 0. The van der Waals surface area contributed by atoms with E-state index in [1.54, 1.807) is 0 Å². The van der Waals surface area contributed by atoms with Gasteiger partial charge in [0.25, 0.3) is 0 Å². The van der Waals surface area contributed by atoms with Crippen molar-refractivity contribution in [1.82, 2.24) is 0 Å². The van der Waals surface area contributed by atoms with Crippen LogP contribution in [0.5, 0.6) is 0 Å². The van der Waals surface area contributed by atoms with Crippen LogP contribution in [0.1, 0.15) is 71.6 Å².